The van der Waals surface area contributed by atoms with Crippen LogP contribution in [0, 0.1) is 18.6 Å². The summed E-state index contributed by atoms with van der Waals surface area (Å²) in [6.07, 6.45) is 0. The van der Waals surface area contributed by atoms with E-state index in [9.17, 15) is 22.0 Å². The van der Waals surface area contributed by atoms with Crippen molar-refractivity contribution in [1.82, 2.24) is 0 Å². The van der Waals surface area contributed by atoms with Gasteiger partial charge < -0.3 is 4.74 Å². The van der Waals surface area contributed by atoms with Crippen molar-refractivity contribution < 1.29 is 26.7 Å². The SMILES string of the molecule is Cc1cc(C2=C(c3cccc(F)c3F)C(=O)C(C)(C)O2)ccc1S(N)(=O)=O. The number of hydrogen-bond donors (Lipinski definition) is 1. The van der Waals surface area contributed by atoms with Crippen molar-refractivity contribution in [2.24, 2.45) is 5.14 Å². The number of primary sulfonamides is 1. The molecule has 2 aromatic rings. The summed E-state index contributed by atoms with van der Waals surface area (Å²) in [5.74, 6) is -2.69. The van der Waals surface area contributed by atoms with Crippen molar-refractivity contribution in [2.75, 3.05) is 0 Å². The Morgan fingerprint density at radius 1 is 1.11 bits per heavy atom. The molecule has 0 bridgehead atoms. The molecule has 0 atom stereocenters. The molecule has 2 N–H and O–H groups in total. The first kappa shape index (κ1) is 19.2. The van der Waals surface area contributed by atoms with Crippen LogP contribution in [0.25, 0.3) is 11.3 Å². The average molecular weight is 393 g/mol. The lowest BCUT2D eigenvalue weighted by Crippen LogP contribution is -2.29. The molecule has 142 valence electrons. The average Bonchev–Trinajstić information content (AvgIpc) is 2.79. The van der Waals surface area contributed by atoms with Crippen molar-refractivity contribution >= 4 is 27.1 Å². The standard InChI is InChI=1S/C19H17F2NO4S/c1-10-9-11(7-8-14(10)27(22,24)25)17-15(18(23)19(2,3)26-17)12-5-4-6-13(20)16(12)21/h4-9H,1-3H3,(H2,22,24,25). The third-order valence-corrected chi connectivity index (χ3v) is 5.39. The molecule has 0 spiro atoms. The first-order valence-corrected chi connectivity index (χ1v) is 9.54. The van der Waals surface area contributed by atoms with Crippen LogP contribution in [0.5, 0.6) is 0 Å². The highest BCUT2D eigenvalue weighted by Crippen LogP contribution is 2.42. The summed E-state index contributed by atoms with van der Waals surface area (Å²) in [7, 11) is -3.92. The molecule has 27 heavy (non-hydrogen) atoms. The fraction of sp³-hybridized carbons (Fsp3) is 0.211. The van der Waals surface area contributed by atoms with Gasteiger partial charge in [0.25, 0.3) is 0 Å². The molecular weight excluding hydrogens is 376 g/mol. The number of ether oxygens (including phenoxy) is 1. The molecule has 0 amide bonds. The predicted molar refractivity (Wildman–Crippen MR) is 95.9 cm³/mol. The second kappa shape index (κ2) is 6.24. The van der Waals surface area contributed by atoms with Gasteiger partial charge in [-0.15, -0.1) is 0 Å². The van der Waals surface area contributed by atoms with Crippen LogP contribution in [-0.2, 0) is 19.6 Å². The number of aryl methyl sites for hydroxylation is 1. The van der Waals surface area contributed by atoms with Crippen LogP contribution < -0.4 is 5.14 Å². The minimum Gasteiger partial charge on any atom is -0.478 e. The summed E-state index contributed by atoms with van der Waals surface area (Å²) in [6.45, 7) is 4.57. The molecule has 1 aliphatic heterocycles. The van der Waals surface area contributed by atoms with Gasteiger partial charge >= 0.3 is 0 Å². The summed E-state index contributed by atoms with van der Waals surface area (Å²) >= 11 is 0. The van der Waals surface area contributed by atoms with Gasteiger partial charge in [-0.25, -0.2) is 22.3 Å². The molecule has 5 nitrogen and oxygen atoms in total. The van der Waals surface area contributed by atoms with E-state index in [1.54, 1.807) is 0 Å². The first-order valence-electron chi connectivity index (χ1n) is 8.00. The molecule has 0 unspecified atom stereocenters. The van der Waals surface area contributed by atoms with E-state index >= 15 is 0 Å². The Balaban J connectivity index is 2.27. The van der Waals surface area contributed by atoms with Gasteiger partial charge in [0, 0.05) is 11.1 Å². The zero-order chi connectivity index (χ0) is 20.1. The maximum Gasteiger partial charge on any atom is 0.238 e. The lowest BCUT2D eigenvalue weighted by Gasteiger charge is -2.18. The smallest absolute Gasteiger partial charge is 0.238 e. The summed E-state index contributed by atoms with van der Waals surface area (Å²) in [5.41, 5.74) is -0.899. The monoisotopic (exact) mass is 393 g/mol. The lowest BCUT2D eigenvalue weighted by atomic mass is 9.92. The Hall–Kier alpha value is -2.58. The van der Waals surface area contributed by atoms with Gasteiger partial charge in [0.2, 0.25) is 15.8 Å². The highest BCUT2D eigenvalue weighted by Gasteiger charge is 2.44. The van der Waals surface area contributed by atoms with E-state index in [-0.39, 0.29) is 21.8 Å². The number of ketones is 1. The van der Waals surface area contributed by atoms with Crippen LogP contribution in [0.2, 0.25) is 0 Å². The quantitative estimate of drug-likeness (QED) is 0.868. The molecule has 0 fully saturated rings. The van der Waals surface area contributed by atoms with Gasteiger partial charge in [0.1, 0.15) is 5.76 Å². The minimum absolute atomic E-state index is 0.0542. The second-order valence-corrected chi connectivity index (χ2v) is 8.30. The predicted octanol–water partition coefficient (Wildman–Crippen LogP) is 3.17. The number of hydrogen-bond acceptors (Lipinski definition) is 4. The summed E-state index contributed by atoms with van der Waals surface area (Å²) in [6, 6.07) is 7.71. The topological polar surface area (TPSA) is 86.5 Å². The van der Waals surface area contributed by atoms with E-state index in [1.165, 1.54) is 51.1 Å². The van der Waals surface area contributed by atoms with Crippen LogP contribution in [0.1, 0.15) is 30.5 Å². The van der Waals surface area contributed by atoms with Crippen molar-refractivity contribution in [3.63, 3.8) is 0 Å². The maximum absolute atomic E-state index is 14.4. The zero-order valence-electron chi connectivity index (χ0n) is 14.8. The Morgan fingerprint density at radius 3 is 2.37 bits per heavy atom. The molecule has 1 aliphatic rings. The van der Waals surface area contributed by atoms with Crippen molar-refractivity contribution in [2.45, 2.75) is 31.3 Å². The first-order chi connectivity index (χ1) is 12.4. The summed E-state index contributed by atoms with van der Waals surface area (Å²) < 4.78 is 57.0. The Morgan fingerprint density at radius 2 is 1.78 bits per heavy atom. The van der Waals surface area contributed by atoms with E-state index in [0.717, 1.165) is 6.07 Å². The van der Waals surface area contributed by atoms with Gasteiger partial charge in [0.05, 0.1) is 10.5 Å². The molecule has 3 rings (SSSR count). The van der Waals surface area contributed by atoms with Crippen molar-refractivity contribution in [1.29, 1.82) is 0 Å². The Kier molecular flexibility index (Phi) is 4.44. The Bertz CT molecular complexity index is 1100. The number of rotatable bonds is 3. The largest absolute Gasteiger partial charge is 0.478 e. The normalized spacial score (nSPS) is 16.6. The van der Waals surface area contributed by atoms with Crippen LogP contribution in [0.15, 0.2) is 41.3 Å². The number of Topliss-reactive ketones (excluding diaryl/α,β-unsaturated/α-hetero) is 1. The maximum atomic E-state index is 14.4. The van der Waals surface area contributed by atoms with E-state index in [1.807, 2.05) is 0 Å². The third kappa shape index (κ3) is 3.26. The van der Waals surface area contributed by atoms with Crippen LogP contribution >= 0.6 is 0 Å². The summed E-state index contributed by atoms with van der Waals surface area (Å²) in [4.78, 5) is 12.7. The minimum atomic E-state index is -3.92. The van der Waals surface area contributed by atoms with Crippen LogP contribution in [0.4, 0.5) is 8.78 Å². The fourth-order valence-corrected chi connectivity index (χ4v) is 3.78. The second-order valence-electron chi connectivity index (χ2n) is 6.77. The van der Waals surface area contributed by atoms with E-state index < -0.39 is 33.0 Å². The number of carbonyl (C=O) groups excluding carboxylic acids is 1. The van der Waals surface area contributed by atoms with E-state index in [2.05, 4.69) is 0 Å². The zero-order valence-corrected chi connectivity index (χ0v) is 15.7. The van der Waals surface area contributed by atoms with Gasteiger partial charge in [-0.05, 0) is 50.6 Å². The van der Waals surface area contributed by atoms with E-state index in [4.69, 9.17) is 9.88 Å². The van der Waals surface area contributed by atoms with Crippen molar-refractivity contribution in [3.05, 3.63) is 64.7 Å². The van der Waals surface area contributed by atoms with Gasteiger partial charge in [-0.3, -0.25) is 4.79 Å². The summed E-state index contributed by atoms with van der Waals surface area (Å²) in [5, 5.41) is 5.16. The molecule has 1 heterocycles. The molecule has 2 aromatic carbocycles. The molecule has 0 saturated heterocycles. The van der Waals surface area contributed by atoms with Gasteiger partial charge in [0.15, 0.2) is 17.2 Å². The third-order valence-electron chi connectivity index (χ3n) is 4.32. The fourth-order valence-electron chi connectivity index (χ4n) is 3.01. The van der Waals surface area contributed by atoms with E-state index in [0.29, 0.717) is 11.1 Å². The molecule has 0 saturated carbocycles. The Labute approximate surface area is 155 Å². The number of benzene rings is 2. The van der Waals surface area contributed by atoms with Crippen LogP contribution in [0.3, 0.4) is 0 Å². The number of carbonyl (C=O) groups is 1. The van der Waals surface area contributed by atoms with Crippen LogP contribution in [-0.4, -0.2) is 19.8 Å². The molecule has 0 aromatic heterocycles. The number of sulfonamides is 1. The highest BCUT2D eigenvalue weighted by molar-refractivity contribution is 7.89. The molecular formula is C19H17F2NO4S. The molecule has 0 aliphatic carbocycles. The molecule has 0 radical (unpaired) electrons. The number of nitrogens with two attached hydrogens (primary N) is 1. The lowest BCUT2D eigenvalue weighted by molar-refractivity contribution is -0.125. The highest BCUT2D eigenvalue weighted by atomic mass is 32.2. The number of halogens is 2. The van der Waals surface area contributed by atoms with Crippen molar-refractivity contribution in [3.8, 4) is 0 Å². The van der Waals surface area contributed by atoms with Gasteiger partial charge in [-0.2, -0.15) is 0 Å². The van der Waals surface area contributed by atoms with Gasteiger partial charge in [-0.1, -0.05) is 12.1 Å². The molecule has 8 heteroatoms.